The SMILES string of the molecule is CCOc1ccccc1/C=C/C(=O)OCc1cc(Cl)cc2c1OCOC2. The lowest BCUT2D eigenvalue weighted by atomic mass is 10.1. The lowest BCUT2D eigenvalue weighted by Crippen LogP contribution is -2.14. The molecule has 3 rings (SSSR count). The van der Waals surface area contributed by atoms with E-state index in [2.05, 4.69) is 0 Å². The second-order valence-corrected chi connectivity index (χ2v) is 6.01. The minimum absolute atomic E-state index is 0.0686. The van der Waals surface area contributed by atoms with Crippen LogP contribution < -0.4 is 9.47 Å². The summed E-state index contributed by atoms with van der Waals surface area (Å²) in [6, 6.07) is 11.0. The summed E-state index contributed by atoms with van der Waals surface area (Å²) in [5.41, 5.74) is 2.37. The molecule has 0 N–H and O–H groups in total. The van der Waals surface area contributed by atoms with Gasteiger partial charge in [-0.25, -0.2) is 4.79 Å². The van der Waals surface area contributed by atoms with Crippen LogP contribution in [0, 0.1) is 0 Å². The van der Waals surface area contributed by atoms with Crippen LogP contribution in [0.15, 0.2) is 42.5 Å². The van der Waals surface area contributed by atoms with Crippen molar-refractivity contribution in [1.82, 2.24) is 0 Å². The smallest absolute Gasteiger partial charge is 0.331 e. The molecule has 0 saturated carbocycles. The van der Waals surface area contributed by atoms with Crippen molar-refractivity contribution in [3.8, 4) is 11.5 Å². The van der Waals surface area contributed by atoms with Gasteiger partial charge < -0.3 is 18.9 Å². The van der Waals surface area contributed by atoms with Gasteiger partial charge in [0.2, 0.25) is 0 Å². The summed E-state index contributed by atoms with van der Waals surface area (Å²) in [5.74, 6) is 0.924. The molecule has 5 nitrogen and oxygen atoms in total. The van der Waals surface area contributed by atoms with Crippen molar-refractivity contribution in [2.75, 3.05) is 13.4 Å². The quantitative estimate of drug-likeness (QED) is 0.555. The van der Waals surface area contributed by atoms with Crippen LogP contribution >= 0.6 is 11.6 Å². The monoisotopic (exact) mass is 374 g/mol. The van der Waals surface area contributed by atoms with Crippen LogP contribution in [0.5, 0.6) is 11.5 Å². The molecule has 2 aromatic carbocycles. The van der Waals surface area contributed by atoms with E-state index in [9.17, 15) is 4.79 Å². The highest BCUT2D eigenvalue weighted by atomic mass is 35.5. The number of esters is 1. The highest BCUT2D eigenvalue weighted by Gasteiger charge is 2.17. The van der Waals surface area contributed by atoms with Crippen LogP contribution in [0.4, 0.5) is 0 Å². The van der Waals surface area contributed by atoms with Gasteiger partial charge in [-0.3, -0.25) is 0 Å². The van der Waals surface area contributed by atoms with Crippen LogP contribution in [0.3, 0.4) is 0 Å². The number of hydrogen-bond acceptors (Lipinski definition) is 5. The molecule has 0 fully saturated rings. The zero-order valence-electron chi connectivity index (χ0n) is 14.4. The zero-order chi connectivity index (χ0) is 18.4. The van der Waals surface area contributed by atoms with Crippen LogP contribution in [0.1, 0.15) is 23.6 Å². The normalized spacial score (nSPS) is 13.2. The number of hydrogen-bond donors (Lipinski definition) is 0. The van der Waals surface area contributed by atoms with Gasteiger partial charge in [-0.2, -0.15) is 0 Å². The third kappa shape index (κ3) is 4.56. The summed E-state index contributed by atoms with van der Waals surface area (Å²) in [4.78, 5) is 12.1. The topological polar surface area (TPSA) is 54.0 Å². The Bertz CT molecular complexity index is 816. The Kier molecular flexibility index (Phi) is 6.15. The third-order valence-electron chi connectivity index (χ3n) is 3.74. The predicted molar refractivity (Wildman–Crippen MR) is 98.2 cm³/mol. The van der Waals surface area contributed by atoms with Gasteiger partial charge in [0.05, 0.1) is 13.2 Å². The number of para-hydroxylation sites is 1. The van der Waals surface area contributed by atoms with Crippen molar-refractivity contribution in [2.24, 2.45) is 0 Å². The van der Waals surface area contributed by atoms with Gasteiger partial charge >= 0.3 is 5.97 Å². The first-order valence-electron chi connectivity index (χ1n) is 8.26. The summed E-state index contributed by atoms with van der Waals surface area (Å²) < 4.78 is 21.6. The van der Waals surface area contributed by atoms with Crippen molar-refractivity contribution in [3.63, 3.8) is 0 Å². The number of ether oxygens (including phenoxy) is 4. The van der Waals surface area contributed by atoms with Crippen LogP contribution in [-0.4, -0.2) is 19.4 Å². The third-order valence-corrected chi connectivity index (χ3v) is 3.96. The molecule has 1 aliphatic rings. The second-order valence-electron chi connectivity index (χ2n) is 5.58. The van der Waals surface area contributed by atoms with Crippen molar-refractivity contribution in [3.05, 3.63) is 64.2 Å². The number of fused-ring (bicyclic) bond motifs is 1. The molecule has 0 aromatic heterocycles. The Labute approximate surface area is 157 Å². The average Bonchev–Trinajstić information content (AvgIpc) is 2.65. The fourth-order valence-electron chi connectivity index (χ4n) is 2.62. The van der Waals surface area contributed by atoms with Gasteiger partial charge in [-0.15, -0.1) is 0 Å². The molecule has 0 saturated heterocycles. The Morgan fingerprint density at radius 3 is 3.00 bits per heavy atom. The molecule has 0 radical (unpaired) electrons. The first-order valence-corrected chi connectivity index (χ1v) is 8.63. The maximum absolute atomic E-state index is 12.1. The van der Waals surface area contributed by atoms with Crippen molar-refractivity contribution >= 4 is 23.6 Å². The molecular weight excluding hydrogens is 356 g/mol. The minimum atomic E-state index is -0.461. The fourth-order valence-corrected chi connectivity index (χ4v) is 2.89. The van der Waals surface area contributed by atoms with Gasteiger partial charge in [0.15, 0.2) is 6.79 Å². The lowest BCUT2D eigenvalue weighted by Gasteiger charge is -2.20. The Morgan fingerprint density at radius 2 is 2.15 bits per heavy atom. The lowest BCUT2D eigenvalue weighted by molar-refractivity contribution is -0.139. The largest absolute Gasteiger partial charge is 0.493 e. The van der Waals surface area contributed by atoms with E-state index in [-0.39, 0.29) is 13.4 Å². The highest BCUT2D eigenvalue weighted by molar-refractivity contribution is 6.30. The molecule has 0 atom stereocenters. The predicted octanol–water partition coefficient (Wildman–Crippen LogP) is 4.36. The molecule has 26 heavy (non-hydrogen) atoms. The molecule has 1 aliphatic heterocycles. The number of carbonyl (C=O) groups excluding carboxylic acids is 1. The van der Waals surface area contributed by atoms with E-state index >= 15 is 0 Å². The Morgan fingerprint density at radius 1 is 1.31 bits per heavy atom. The van der Waals surface area contributed by atoms with E-state index in [1.54, 1.807) is 18.2 Å². The highest BCUT2D eigenvalue weighted by Crippen LogP contribution is 2.32. The summed E-state index contributed by atoms with van der Waals surface area (Å²) in [6.45, 7) is 3.13. The Hall–Kier alpha value is -2.50. The first kappa shape index (κ1) is 18.3. The van der Waals surface area contributed by atoms with E-state index in [4.69, 9.17) is 30.5 Å². The van der Waals surface area contributed by atoms with E-state index in [0.717, 1.165) is 16.9 Å². The molecule has 1 heterocycles. The molecule has 2 aromatic rings. The molecular formula is C20H19ClO5. The van der Waals surface area contributed by atoms with Crippen molar-refractivity contribution in [2.45, 2.75) is 20.1 Å². The van der Waals surface area contributed by atoms with E-state index in [0.29, 0.717) is 29.5 Å². The van der Waals surface area contributed by atoms with E-state index in [1.807, 2.05) is 31.2 Å². The van der Waals surface area contributed by atoms with Gasteiger partial charge in [-0.05, 0) is 31.2 Å². The molecule has 136 valence electrons. The maximum atomic E-state index is 12.1. The summed E-state index contributed by atoms with van der Waals surface area (Å²) in [6.07, 6.45) is 3.05. The summed E-state index contributed by atoms with van der Waals surface area (Å²) in [7, 11) is 0. The van der Waals surface area contributed by atoms with E-state index in [1.165, 1.54) is 6.08 Å². The van der Waals surface area contributed by atoms with Crippen LogP contribution in [0.25, 0.3) is 6.08 Å². The zero-order valence-corrected chi connectivity index (χ0v) is 15.1. The molecule has 0 spiro atoms. The van der Waals surface area contributed by atoms with Gasteiger partial charge in [0.25, 0.3) is 0 Å². The Balaban J connectivity index is 1.66. The first-order chi connectivity index (χ1) is 12.7. The number of carbonyl (C=O) groups is 1. The summed E-state index contributed by atoms with van der Waals surface area (Å²) >= 11 is 6.11. The minimum Gasteiger partial charge on any atom is -0.493 e. The fraction of sp³-hybridized carbons (Fsp3) is 0.250. The van der Waals surface area contributed by atoms with E-state index < -0.39 is 5.97 Å². The average molecular weight is 375 g/mol. The molecule has 0 amide bonds. The van der Waals surface area contributed by atoms with Crippen LogP contribution in [0.2, 0.25) is 5.02 Å². The van der Waals surface area contributed by atoms with Gasteiger partial charge in [0, 0.05) is 27.8 Å². The van der Waals surface area contributed by atoms with Gasteiger partial charge in [-0.1, -0.05) is 29.8 Å². The number of benzene rings is 2. The van der Waals surface area contributed by atoms with Crippen LogP contribution in [-0.2, 0) is 27.5 Å². The maximum Gasteiger partial charge on any atom is 0.331 e. The van der Waals surface area contributed by atoms with Crippen molar-refractivity contribution in [1.29, 1.82) is 0 Å². The second kappa shape index (κ2) is 8.74. The molecule has 0 aliphatic carbocycles. The number of halogens is 1. The molecule has 0 unspecified atom stereocenters. The van der Waals surface area contributed by atoms with Gasteiger partial charge in [0.1, 0.15) is 18.1 Å². The molecule has 0 bridgehead atoms. The standard InChI is InChI=1S/C20H19ClO5/c1-2-24-18-6-4-3-5-14(18)7-8-19(22)25-12-16-10-17(21)9-15-11-23-13-26-20(15)16/h3-10H,2,11-13H2,1H3/b8-7+. The summed E-state index contributed by atoms with van der Waals surface area (Å²) in [5, 5.41) is 0.546. The van der Waals surface area contributed by atoms with Crippen molar-refractivity contribution < 1.29 is 23.7 Å². The number of rotatable bonds is 6. The molecule has 6 heteroatoms.